The lowest BCUT2D eigenvalue weighted by molar-refractivity contribution is -0.122. The van der Waals surface area contributed by atoms with Gasteiger partial charge in [-0.3, -0.25) is 9.36 Å². The van der Waals surface area contributed by atoms with Crippen molar-refractivity contribution in [2.24, 2.45) is 11.1 Å². The fourth-order valence-electron chi connectivity index (χ4n) is 4.12. The summed E-state index contributed by atoms with van der Waals surface area (Å²) < 4.78 is 2.47. The van der Waals surface area contributed by atoms with Gasteiger partial charge in [-0.05, 0) is 30.4 Å². The van der Waals surface area contributed by atoms with Gasteiger partial charge in [0.25, 0.3) is 0 Å². The Bertz CT molecular complexity index is 977. The summed E-state index contributed by atoms with van der Waals surface area (Å²) in [5.74, 6) is -0.667. The predicted molar refractivity (Wildman–Crippen MR) is 111 cm³/mol. The molecule has 0 saturated heterocycles. The molecular weight excluding hydrogens is 372 g/mol. The molecule has 1 aromatic carbocycles. The molecule has 158 valence electrons. The lowest BCUT2D eigenvalue weighted by Gasteiger charge is -2.32. The minimum atomic E-state index is -0.964. The Morgan fingerprint density at radius 1 is 1.17 bits per heavy atom. The van der Waals surface area contributed by atoms with Gasteiger partial charge in [0.15, 0.2) is 0 Å². The minimum absolute atomic E-state index is 0.130. The van der Waals surface area contributed by atoms with Crippen LogP contribution in [-0.4, -0.2) is 37.8 Å². The van der Waals surface area contributed by atoms with E-state index in [9.17, 15) is 19.5 Å². The molecule has 3 rings (SSSR count). The molecule has 1 saturated carbocycles. The number of nitrogens with zero attached hydrogens (tertiary/aromatic N) is 2. The zero-order valence-corrected chi connectivity index (χ0v) is 17.3. The molecule has 1 aromatic heterocycles. The summed E-state index contributed by atoms with van der Waals surface area (Å²) >= 11 is 0. The lowest BCUT2D eigenvalue weighted by Crippen LogP contribution is -2.54. The molecule has 1 heterocycles. The number of nitrogens with two attached hydrogens (primary N) is 1. The predicted octanol–water partition coefficient (Wildman–Crippen LogP) is 1.96. The number of hydrogen-bond donors (Lipinski definition) is 3. The molecule has 29 heavy (non-hydrogen) atoms. The molecule has 0 radical (unpaired) electrons. The third-order valence-corrected chi connectivity index (χ3v) is 5.69. The van der Waals surface area contributed by atoms with Crippen LogP contribution in [0, 0.1) is 5.41 Å². The van der Waals surface area contributed by atoms with Crippen LogP contribution in [0.1, 0.15) is 52.9 Å². The number of fused-ring (bicyclic) bond motifs is 1. The van der Waals surface area contributed by atoms with Crippen molar-refractivity contribution < 1.29 is 14.7 Å². The third-order valence-electron chi connectivity index (χ3n) is 5.69. The quantitative estimate of drug-likeness (QED) is 0.724. The fraction of sp³-hybridized carbons (Fsp3) is 0.571. The summed E-state index contributed by atoms with van der Waals surface area (Å²) in [6.45, 7) is 5.49. The number of para-hydroxylation sites is 2. The Labute approximate surface area is 169 Å². The number of benzene rings is 1. The molecule has 1 fully saturated rings. The van der Waals surface area contributed by atoms with Crippen molar-refractivity contribution in [3.63, 3.8) is 0 Å². The van der Waals surface area contributed by atoms with Crippen molar-refractivity contribution in [1.29, 1.82) is 0 Å². The molecule has 2 amide bonds. The normalized spacial score (nSPS) is 17.8. The highest BCUT2D eigenvalue weighted by Gasteiger charge is 2.34. The van der Waals surface area contributed by atoms with Crippen LogP contribution >= 0.6 is 0 Å². The minimum Gasteiger partial charge on any atom is -0.388 e. The first kappa shape index (κ1) is 21.1. The average molecular weight is 402 g/mol. The number of primary amides is 1. The third kappa shape index (κ3) is 4.22. The second-order valence-corrected chi connectivity index (χ2v) is 9.13. The molecule has 1 aliphatic carbocycles. The summed E-state index contributed by atoms with van der Waals surface area (Å²) in [4.78, 5) is 38.0. The largest absolute Gasteiger partial charge is 0.388 e. The fourth-order valence-corrected chi connectivity index (χ4v) is 4.12. The first-order chi connectivity index (χ1) is 13.5. The first-order valence-corrected chi connectivity index (χ1v) is 10.1. The van der Waals surface area contributed by atoms with Crippen LogP contribution in [0.25, 0.3) is 11.0 Å². The van der Waals surface area contributed by atoms with E-state index in [0.29, 0.717) is 23.9 Å². The molecule has 0 aliphatic heterocycles. The van der Waals surface area contributed by atoms with E-state index in [4.69, 9.17) is 5.73 Å². The highest BCUT2D eigenvalue weighted by Crippen LogP contribution is 2.30. The van der Waals surface area contributed by atoms with Gasteiger partial charge in [0.1, 0.15) is 6.04 Å². The molecular formula is C21H30N4O4. The smallest absolute Gasteiger partial charge is 0.337 e. The summed E-state index contributed by atoms with van der Waals surface area (Å²) in [5, 5.41) is 13.6. The van der Waals surface area contributed by atoms with Crippen molar-refractivity contribution in [1.82, 2.24) is 14.5 Å². The van der Waals surface area contributed by atoms with Gasteiger partial charge in [0, 0.05) is 0 Å². The summed E-state index contributed by atoms with van der Waals surface area (Å²) in [6.07, 6.45) is 4.15. The highest BCUT2D eigenvalue weighted by molar-refractivity contribution is 5.92. The molecule has 0 spiro atoms. The summed E-state index contributed by atoms with van der Waals surface area (Å²) in [7, 11) is 0. The number of rotatable bonds is 4. The Balaban J connectivity index is 2.03. The highest BCUT2D eigenvalue weighted by atomic mass is 16.3. The maximum Gasteiger partial charge on any atom is 0.337 e. The van der Waals surface area contributed by atoms with Gasteiger partial charge in [0.05, 0.1) is 23.2 Å². The molecule has 4 N–H and O–H groups in total. The lowest BCUT2D eigenvalue weighted by atomic mass is 9.85. The molecule has 8 nitrogen and oxygen atoms in total. The molecule has 1 atom stereocenters. The van der Waals surface area contributed by atoms with Crippen molar-refractivity contribution in [2.45, 2.75) is 71.1 Å². The monoisotopic (exact) mass is 402 g/mol. The van der Waals surface area contributed by atoms with E-state index in [1.807, 2.05) is 0 Å². The van der Waals surface area contributed by atoms with Crippen molar-refractivity contribution >= 4 is 23.0 Å². The van der Waals surface area contributed by atoms with Crippen molar-refractivity contribution in [2.75, 3.05) is 0 Å². The van der Waals surface area contributed by atoms with Gasteiger partial charge in [-0.2, -0.15) is 0 Å². The number of carbonyl (C=O) groups excluding carboxylic acids is 2. The van der Waals surface area contributed by atoms with Gasteiger partial charge in [-0.15, -0.1) is 0 Å². The van der Waals surface area contributed by atoms with E-state index in [1.165, 1.54) is 4.57 Å². The number of aromatic nitrogens is 2. The number of imidazole rings is 1. The second kappa shape index (κ2) is 7.67. The van der Waals surface area contributed by atoms with Crippen LogP contribution in [0.3, 0.4) is 0 Å². The number of nitrogens with one attached hydrogen (secondary N) is 1. The van der Waals surface area contributed by atoms with E-state index >= 15 is 0 Å². The standard InChI is InChI=1S/C21H30N4O4/c1-20(2,3)16(17(22)26)23-18(27)25-15-10-6-5-9-14(15)24(19(25)28)13-21(29)11-7-4-8-12-21/h5-6,9-10,16,29H,4,7-8,11-13H2,1-3H3,(H2,22,26)(H,23,27)/t16-/m1/s1. The van der Waals surface area contributed by atoms with Crippen LogP contribution in [0.15, 0.2) is 29.1 Å². The number of aliphatic hydroxyl groups is 1. The Kier molecular flexibility index (Phi) is 5.58. The number of carbonyl (C=O) groups is 2. The van der Waals surface area contributed by atoms with Gasteiger partial charge in [-0.1, -0.05) is 52.2 Å². The Hall–Kier alpha value is -2.61. The number of amides is 2. The van der Waals surface area contributed by atoms with E-state index in [-0.39, 0.29) is 6.54 Å². The van der Waals surface area contributed by atoms with Gasteiger partial charge < -0.3 is 16.2 Å². The molecule has 2 aromatic rings. The van der Waals surface area contributed by atoms with Crippen LogP contribution in [0.2, 0.25) is 0 Å². The van der Waals surface area contributed by atoms with Crippen LogP contribution in [-0.2, 0) is 11.3 Å². The van der Waals surface area contributed by atoms with Crippen LogP contribution < -0.4 is 16.7 Å². The molecule has 0 bridgehead atoms. The maximum atomic E-state index is 13.2. The van der Waals surface area contributed by atoms with E-state index in [0.717, 1.165) is 23.8 Å². The zero-order valence-electron chi connectivity index (χ0n) is 17.3. The van der Waals surface area contributed by atoms with Crippen molar-refractivity contribution in [3.05, 3.63) is 34.7 Å². The topological polar surface area (TPSA) is 119 Å². The summed E-state index contributed by atoms with van der Waals surface area (Å²) in [5.41, 5.74) is 4.34. The Morgan fingerprint density at radius 2 is 1.76 bits per heavy atom. The van der Waals surface area contributed by atoms with Crippen LogP contribution in [0.4, 0.5) is 4.79 Å². The maximum absolute atomic E-state index is 13.2. The van der Waals surface area contributed by atoms with Crippen LogP contribution in [0.5, 0.6) is 0 Å². The zero-order chi connectivity index (χ0) is 21.4. The second-order valence-electron chi connectivity index (χ2n) is 9.13. The Morgan fingerprint density at radius 3 is 2.31 bits per heavy atom. The average Bonchev–Trinajstić information content (AvgIpc) is 2.90. The van der Waals surface area contributed by atoms with E-state index < -0.39 is 34.7 Å². The molecule has 1 aliphatic rings. The number of hydrogen-bond acceptors (Lipinski definition) is 4. The van der Waals surface area contributed by atoms with E-state index in [1.54, 1.807) is 45.0 Å². The van der Waals surface area contributed by atoms with Crippen molar-refractivity contribution in [3.8, 4) is 0 Å². The van der Waals surface area contributed by atoms with Gasteiger partial charge >= 0.3 is 11.7 Å². The SMILES string of the molecule is CC(C)(C)[C@H](NC(=O)n1c(=O)n(CC2(O)CCCCC2)c2ccccc21)C(N)=O. The molecule has 0 unspecified atom stereocenters. The first-order valence-electron chi connectivity index (χ1n) is 10.1. The van der Waals surface area contributed by atoms with Gasteiger partial charge in [-0.25, -0.2) is 14.2 Å². The van der Waals surface area contributed by atoms with Gasteiger partial charge in [0.2, 0.25) is 5.91 Å². The molecule has 8 heteroatoms. The summed E-state index contributed by atoms with van der Waals surface area (Å²) in [6, 6.07) is 5.30. The van der Waals surface area contributed by atoms with E-state index in [2.05, 4.69) is 5.32 Å².